The second kappa shape index (κ2) is 7.51. The number of aromatic nitrogens is 1. The third-order valence-electron chi connectivity index (χ3n) is 4.17. The molecule has 28 heavy (non-hydrogen) atoms. The molecule has 0 fully saturated rings. The van der Waals surface area contributed by atoms with E-state index >= 15 is 0 Å². The Morgan fingerprint density at radius 1 is 1.00 bits per heavy atom. The number of carbonyl (C=O) groups excluding carboxylic acids is 1. The normalized spacial score (nSPS) is 13.4. The summed E-state index contributed by atoms with van der Waals surface area (Å²) in [5.41, 5.74) is 1.15. The van der Waals surface area contributed by atoms with E-state index in [0.29, 0.717) is 16.8 Å². The van der Waals surface area contributed by atoms with Crippen LogP contribution in [0.2, 0.25) is 0 Å². The topological polar surface area (TPSA) is 86.3 Å². The number of fused-ring (bicyclic) bond motifs is 1. The number of nitrogens with zero attached hydrogens (tertiary/aromatic N) is 3. The number of aliphatic imine (C=N–C) groups is 1. The molecule has 0 amide bonds. The fourth-order valence-corrected chi connectivity index (χ4v) is 3.64. The number of rotatable bonds is 4. The van der Waals surface area contributed by atoms with Gasteiger partial charge in [0.15, 0.2) is 11.5 Å². The maximum Gasteiger partial charge on any atom is 0.200 e. The monoisotopic (exact) mass is 383 g/mol. The van der Waals surface area contributed by atoms with Crippen LogP contribution in [-0.4, -0.2) is 21.6 Å². The molecule has 0 saturated carbocycles. The van der Waals surface area contributed by atoms with Gasteiger partial charge in [0.2, 0.25) is 0 Å². The van der Waals surface area contributed by atoms with Crippen LogP contribution in [0.4, 0.5) is 5.69 Å². The smallest absolute Gasteiger partial charge is 0.200 e. The van der Waals surface area contributed by atoms with Crippen molar-refractivity contribution in [2.45, 2.75) is 9.92 Å². The summed E-state index contributed by atoms with van der Waals surface area (Å²) in [5.74, 6) is -0.598. The number of Topliss-reactive ketones (excluding diaryl/α,β-unsaturated/α-hetero) is 1. The third-order valence-corrected chi connectivity index (χ3v) is 5.13. The molecular weight excluding hydrogens is 370 g/mol. The predicted molar refractivity (Wildman–Crippen MR) is 108 cm³/mol. The number of pyridine rings is 1. The fourth-order valence-electron chi connectivity index (χ4n) is 2.87. The van der Waals surface area contributed by atoms with E-state index in [1.165, 1.54) is 11.8 Å². The average molecular weight is 383 g/mol. The van der Waals surface area contributed by atoms with Gasteiger partial charge < -0.3 is 5.11 Å². The molecule has 1 N–H and O–H groups in total. The zero-order valence-electron chi connectivity index (χ0n) is 14.5. The Balaban J connectivity index is 1.62. The quantitative estimate of drug-likeness (QED) is 0.641. The predicted octanol–water partition coefficient (Wildman–Crippen LogP) is 4.99. The van der Waals surface area contributed by atoms with E-state index in [1.54, 1.807) is 42.6 Å². The van der Waals surface area contributed by atoms with E-state index in [-0.39, 0.29) is 17.0 Å². The minimum absolute atomic E-state index is 0.0596. The van der Waals surface area contributed by atoms with Gasteiger partial charge in [-0.2, -0.15) is 5.26 Å². The first kappa shape index (κ1) is 17.7. The molecule has 1 heterocycles. The molecule has 1 aromatic heterocycles. The molecule has 0 aliphatic heterocycles. The minimum Gasteiger partial charge on any atom is -0.506 e. The summed E-state index contributed by atoms with van der Waals surface area (Å²) in [7, 11) is 0. The van der Waals surface area contributed by atoms with Crippen molar-refractivity contribution in [2.75, 3.05) is 0 Å². The van der Waals surface area contributed by atoms with Gasteiger partial charge in [-0.15, -0.1) is 0 Å². The van der Waals surface area contributed by atoms with E-state index < -0.39 is 5.78 Å². The van der Waals surface area contributed by atoms with Crippen LogP contribution in [0.15, 0.2) is 93.4 Å². The van der Waals surface area contributed by atoms with Crippen molar-refractivity contribution in [3.8, 4) is 6.07 Å². The molecule has 1 aliphatic rings. The lowest BCUT2D eigenvalue weighted by atomic mass is 10.1. The van der Waals surface area contributed by atoms with Crippen molar-refractivity contribution in [1.29, 1.82) is 5.26 Å². The van der Waals surface area contributed by atoms with Crippen LogP contribution in [0, 0.1) is 11.3 Å². The molecule has 0 saturated heterocycles. The van der Waals surface area contributed by atoms with E-state index in [2.05, 4.69) is 9.98 Å². The molecule has 4 rings (SSSR count). The number of aliphatic hydroxyl groups excluding tert-OH is 1. The highest BCUT2D eigenvalue weighted by Crippen LogP contribution is 2.33. The SMILES string of the molecule is N#CC(=Nc1ccc(Sc2ccccn2)cc1)C1=C(O)c2ccccc2C1=O. The molecular formula is C22H13N3O2S. The van der Waals surface area contributed by atoms with Crippen molar-refractivity contribution in [1.82, 2.24) is 4.98 Å². The highest BCUT2D eigenvalue weighted by Gasteiger charge is 2.32. The summed E-state index contributed by atoms with van der Waals surface area (Å²) in [6.07, 6.45) is 1.73. The summed E-state index contributed by atoms with van der Waals surface area (Å²) in [6.45, 7) is 0. The maximum absolute atomic E-state index is 12.6. The minimum atomic E-state index is -0.393. The van der Waals surface area contributed by atoms with Gasteiger partial charge >= 0.3 is 0 Å². The molecule has 0 unspecified atom stereocenters. The van der Waals surface area contributed by atoms with E-state index in [4.69, 9.17) is 0 Å². The van der Waals surface area contributed by atoms with Crippen molar-refractivity contribution < 1.29 is 9.90 Å². The number of hydrogen-bond acceptors (Lipinski definition) is 6. The van der Waals surface area contributed by atoms with Crippen molar-refractivity contribution >= 4 is 34.7 Å². The van der Waals surface area contributed by atoms with Gasteiger partial charge in [-0.1, -0.05) is 42.1 Å². The van der Waals surface area contributed by atoms with Crippen molar-refractivity contribution in [3.05, 3.63) is 89.6 Å². The van der Waals surface area contributed by atoms with Crippen LogP contribution in [0.25, 0.3) is 5.76 Å². The van der Waals surface area contributed by atoms with Gasteiger partial charge in [0, 0.05) is 22.2 Å². The van der Waals surface area contributed by atoms with Gasteiger partial charge in [0.05, 0.1) is 5.69 Å². The summed E-state index contributed by atoms with van der Waals surface area (Å²) >= 11 is 1.51. The third kappa shape index (κ3) is 3.31. The molecule has 0 bridgehead atoms. The summed E-state index contributed by atoms with van der Waals surface area (Å²) in [4.78, 5) is 22.1. The van der Waals surface area contributed by atoms with Gasteiger partial charge in [-0.05, 0) is 36.4 Å². The van der Waals surface area contributed by atoms with Crippen LogP contribution in [0.5, 0.6) is 0 Å². The zero-order chi connectivity index (χ0) is 19.5. The Morgan fingerprint density at radius 2 is 1.71 bits per heavy atom. The molecule has 6 heteroatoms. The number of nitriles is 1. The van der Waals surface area contributed by atoms with E-state index in [1.807, 2.05) is 36.4 Å². The van der Waals surface area contributed by atoms with E-state index in [0.717, 1.165) is 9.92 Å². The molecule has 3 aromatic rings. The second-order valence-electron chi connectivity index (χ2n) is 5.93. The van der Waals surface area contributed by atoms with Crippen molar-refractivity contribution in [3.63, 3.8) is 0 Å². The summed E-state index contributed by atoms with van der Waals surface area (Å²) < 4.78 is 0. The first-order chi connectivity index (χ1) is 13.7. The largest absolute Gasteiger partial charge is 0.506 e. The lowest BCUT2D eigenvalue weighted by Gasteiger charge is -2.02. The van der Waals surface area contributed by atoms with Crippen LogP contribution in [0.1, 0.15) is 15.9 Å². The number of carbonyl (C=O) groups is 1. The first-order valence-corrected chi connectivity index (χ1v) is 9.24. The first-order valence-electron chi connectivity index (χ1n) is 8.43. The molecule has 0 spiro atoms. The standard InChI is InChI=1S/C22H13N3O2S/c23-13-18(20-21(26)16-5-1-2-6-17(16)22(20)27)25-14-8-10-15(11-9-14)28-19-7-3-4-12-24-19/h1-12,26H. The van der Waals surface area contributed by atoms with Crippen LogP contribution >= 0.6 is 11.8 Å². The second-order valence-corrected chi connectivity index (χ2v) is 7.03. The van der Waals surface area contributed by atoms with Gasteiger partial charge in [-0.3, -0.25) is 4.79 Å². The highest BCUT2D eigenvalue weighted by atomic mass is 32.2. The maximum atomic E-state index is 12.6. The molecule has 134 valence electrons. The number of ketones is 1. The lowest BCUT2D eigenvalue weighted by Crippen LogP contribution is -2.08. The Morgan fingerprint density at radius 3 is 2.36 bits per heavy atom. The van der Waals surface area contributed by atoms with Gasteiger partial charge in [-0.25, -0.2) is 9.98 Å². The Labute approximate surface area is 165 Å². The van der Waals surface area contributed by atoms with Gasteiger partial charge in [0.1, 0.15) is 22.4 Å². The summed E-state index contributed by atoms with van der Waals surface area (Å²) in [6, 6.07) is 21.6. The lowest BCUT2D eigenvalue weighted by molar-refractivity contribution is 0.104. The van der Waals surface area contributed by atoms with Gasteiger partial charge in [0.25, 0.3) is 0 Å². The number of hydrogen-bond donors (Lipinski definition) is 1. The zero-order valence-corrected chi connectivity index (χ0v) is 15.4. The highest BCUT2D eigenvalue weighted by molar-refractivity contribution is 7.99. The number of allylic oxidation sites excluding steroid dienone is 1. The average Bonchev–Trinajstić information content (AvgIpc) is 2.99. The molecule has 1 aliphatic carbocycles. The summed E-state index contributed by atoms with van der Waals surface area (Å²) in [5, 5.41) is 20.8. The Bertz CT molecular complexity index is 1160. The molecule has 5 nitrogen and oxygen atoms in total. The number of benzene rings is 2. The molecule has 2 aromatic carbocycles. The number of aliphatic hydroxyl groups is 1. The van der Waals surface area contributed by atoms with E-state index in [9.17, 15) is 15.2 Å². The van der Waals surface area contributed by atoms with Crippen LogP contribution in [-0.2, 0) is 0 Å². The molecule has 0 radical (unpaired) electrons. The van der Waals surface area contributed by atoms with Crippen LogP contribution in [0.3, 0.4) is 0 Å². The van der Waals surface area contributed by atoms with Crippen molar-refractivity contribution in [2.24, 2.45) is 4.99 Å². The fraction of sp³-hybridized carbons (Fsp3) is 0. The van der Waals surface area contributed by atoms with Crippen LogP contribution < -0.4 is 0 Å². The Kier molecular flexibility index (Phi) is 4.75. The molecule has 0 atom stereocenters. The Hall–Kier alpha value is -3.69.